The molecule has 2 amide bonds. The molecule has 0 bridgehead atoms. The van der Waals surface area contributed by atoms with E-state index in [1.165, 1.54) is 0 Å². The van der Waals surface area contributed by atoms with Gasteiger partial charge in [-0.2, -0.15) is 9.36 Å². The number of rotatable bonds is 7. The number of aromatic nitrogens is 2. The van der Waals surface area contributed by atoms with E-state index in [1.807, 2.05) is 0 Å². The molecule has 3 aliphatic heterocycles. The van der Waals surface area contributed by atoms with Crippen molar-refractivity contribution in [1.29, 1.82) is 0 Å². The Balaban J connectivity index is 1.61. The number of aliphatic carboxylic acids is 2. The quantitative estimate of drug-likeness (QED) is 0.133. The summed E-state index contributed by atoms with van der Waals surface area (Å²) in [5, 5.41) is 25.5. The lowest BCUT2D eigenvalue weighted by Gasteiger charge is -2.58. The molecule has 16 nitrogen and oxygen atoms in total. The first kappa shape index (κ1) is 24.5. The van der Waals surface area contributed by atoms with Gasteiger partial charge in [-0.25, -0.2) is 4.79 Å². The van der Waals surface area contributed by atoms with E-state index in [1.54, 1.807) is 0 Å². The fourth-order valence-electron chi connectivity index (χ4n) is 3.80. The SMILES string of the molecule is CC(C)(O/N=C(\C(=O)N[C@@H]1C(=O)N2[C@@H]1[S@@](=O)C[C@@H]1CC(=O)O[C@@]12C(=O)[O-])c1nsc(N)n1)C(=O)O. The second kappa shape index (κ2) is 8.22. The van der Waals surface area contributed by atoms with E-state index in [9.17, 15) is 38.4 Å². The molecule has 1 aromatic rings. The lowest BCUT2D eigenvalue weighted by atomic mass is 9.89. The zero-order valence-electron chi connectivity index (χ0n) is 18.0. The van der Waals surface area contributed by atoms with Crippen molar-refractivity contribution in [3.8, 4) is 0 Å². The summed E-state index contributed by atoms with van der Waals surface area (Å²) in [6.45, 7) is 2.32. The number of hydrogen-bond donors (Lipinski definition) is 3. The van der Waals surface area contributed by atoms with Crippen LogP contribution in [0.4, 0.5) is 5.13 Å². The molecule has 0 saturated carbocycles. The third kappa shape index (κ3) is 3.77. The maximum atomic E-state index is 13.0. The number of oxime groups is 1. The minimum absolute atomic E-state index is 0.0535. The first-order valence-electron chi connectivity index (χ1n) is 9.83. The number of nitrogens with one attached hydrogen (secondary N) is 1. The Hall–Kier alpha value is -3.67. The zero-order chi connectivity index (χ0) is 25.9. The number of carboxylic acid groups (broad SMARTS) is 2. The molecule has 18 heteroatoms. The van der Waals surface area contributed by atoms with Crippen LogP contribution in [0.15, 0.2) is 5.16 Å². The second-order valence-corrected chi connectivity index (χ2v) is 10.6. The Morgan fingerprint density at radius 2 is 2.11 bits per heavy atom. The molecule has 3 aliphatic rings. The molecule has 1 aromatic heterocycles. The van der Waals surface area contributed by atoms with Crippen molar-refractivity contribution >= 4 is 62.9 Å². The van der Waals surface area contributed by atoms with Gasteiger partial charge >= 0.3 is 11.9 Å². The molecular weight excluding hydrogens is 512 g/mol. The van der Waals surface area contributed by atoms with Gasteiger partial charge in [-0.05, 0) is 13.8 Å². The standard InChI is InChI=1S/C17H18N6O10S2/c1-16(2,13(27)28)33-21-7(9-20-15(18)34-22-9)10(25)19-8-11(26)23-12(8)35(31)4-5-3-6(24)32-17(5,23)14(29)30/h5,8,12H,3-4H2,1-2H3,(H,19,25)(H,27,28)(H,29,30)(H2,18,20,22)/p-1/b21-7-/t5-,8+,12+,17+,35-/m0/s1. The number of carbonyl (C=O) groups is 5. The van der Waals surface area contributed by atoms with Crippen LogP contribution in [0.3, 0.4) is 0 Å². The van der Waals surface area contributed by atoms with Crippen molar-refractivity contribution < 1.29 is 48.0 Å². The van der Waals surface area contributed by atoms with Crippen molar-refractivity contribution in [2.45, 2.75) is 43.0 Å². The zero-order valence-corrected chi connectivity index (χ0v) is 19.6. The van der Waals surface area contributed by atoms with Gasteiger partial charge in [-0.15, -0.1) is 0 Å². The molecule has 35 heavy (non-hydrogen) atoms. The highest BCUT2D eigenvalue weighted by molar-refractivity contribution is 7.85. The summed E-state index contributed by atoms with van der Waals surface area (Å²) in [5.41, 5.74) is 0.613. The van der Waals surface area contributed by atoms with Crippen LogP contribution in [-0.2, 0) is 44.3 Å². The fraction of sp³-hybridized carbons (Fsp3) is 0.529. The van der Waals surface area contributed by atoms with E-state index in [4.69, 9.17) is 15.3 Å². The van der Waals surface area contributed by atoms with Gasteiger partial charge in [0.15, 0.2) is 5.13 Å². The smallest absolute Gasteiger partial charge is 0.350 e. The normalized spacial score (nSPS) is 30.0. The predicted molar refractivity (Wildman–Crippen MR) is 111 cm³/mol. The Morgan fingerprint density at radius 1 is 1.43 bits per heavy atom. The van der Waals surface area contributed by atoms with E-state index in [0.29, 0.717) is 16.4 Å². The summed E-state index contributed by atoms with van der Waals surface area (Å²) < 4.78 is 21.6. The summed E-state index contributed by atoms with van der Waals surface area (Å²) >= 11 is 0.700. The van der Waals surface area contributed by atoms with Crippen molar-refractivity contribution in [3.63, 3.8) is 0 Å². The number of ether oxygens (including phenoxy) is 1. The van der Waals surface area contributed by atoms with Gasteiger partial charge in [-0.1, -0.05) is 5.16 Å². The van der Waals surface area contributed by atoms with Crippen LogP contribution in [0.5, 0.6) is 0 Å². The predicted octanol–water partition coefficient (Wildman–Crippen LogP) is -3.87. The first-order valence-corrected chi connectivity index (χ1v) is 12.0. The fourth-order valence-corrected chi connectivity index (χ4v) is 6.16. The third-order valence-corrected chi connectivity index (χ3v) is 7.89. The van der Waals surface area contributed by atoms with Gasteiger partial charge in [0, 0.05) is 34.0 Å². The van der Waals surface area contributed by atoms with E-state index >= 15 is 0 Å². The molecule has 0 aromatic carbocycles. The minimum Gasteiger partial charge on any atom is -0.544 e. The number of fused-ring (bicyclic) bond motifs is 3. The molecule has 0 radical (unpaired) electrons. The van der Waals surface area contributed by atoms with Gasteiger partial charge < -0.3 is 35.6 Å². The molecule has 4 N–H and O–H groups in total. The number of anilines is 1. The molecule has 4 heterocycles. The molecular formula is C17H17N6O10S2-. The van der Waals surface area contributed by atoms with E-state index in [-0.39, 0.29) is 23.1 Å². The van der Waals surface area contributed by atoms with Crippen LogP contribution in [0.1, 0.15) is 26.1 Å². The van der Waals surface area contributed by atoms with Gasteiger partial charge in [-0.3, -0.25) is 23.5 Å². The molecule has 0 spiro atoms. The number of nitrogen functional groups attached to an aromatic ring is 1. The van der Waals surface area contributed by atoms with Gasteiger partial charge in [0.25, 0.3) is 11.8 Å². The summed E-state index contributed by atoms with van der Waals surface area (Å²) in [5.74, 6) is -7.95. The van der Waals surface area contributed by atoms with Crippen LogP contribution in [0, 0.1) is 5.92 Å². The molecule has 5 atom stereocenters. The topological polar surface area (TPSA) is 244 Å². The summed E-state index contributed by atoms with van der Waals surface area (Å²) in [6, 6.07) is -1.49. The molecule has 188 valence electrons. The second-order valence-electron chi connectivity index (χ2n) is 8.26. The van der Waals surface area contributed by atoms with Crippen LogP contribution in [0.2, 0.25) is 0 Å². The summed E-state index contributed by atoms with van der Waals surface area (Å²) in [7, 11) is -1.87. The van der Waals surface area contributed by atoms with Gasteiger partial charge in [0.05, 0.1) is 6.42 Å². The average Bonchev–Trinajstić information content (AvgIpc) is 3.33. The number of esters is 1. The molecule has 0 aliphatic carbocycles. The van der Waals surface area contributed by atoms with Crippen LogP contribution in [0.25, 0.3) is 0 Å². The number of nitrogens with two attached hydrogens (primary N) is 1. The maximum absolute atomic E-state index is 13.0. The minimum atomic E-state index is -2.43. The van der Waals surface area contributed by atoms with E-state index in [2.05, 4.69) is 19.8 Å². The number of β-lactam (4-membered cyclic amide) rings is 1. The Morgan fingerprint density at radius 3 is 2.69 bits per heavy atom. The highest BCUT2D eigenvalue weighted by atomic mass is 32.2. The van der Waals surface area contributed by atoms with E-state index in [0.717, 1.165) is 13.8 Å². The molecule has 0 unspecified atom stereocenters. The van der Waals surface area contributed by atoms with Crippen molar-refractivity contribution in [1.82, 2.24) is 19.6 Å². The maximum Gasteiger partial charge on any atom is 0.350 e. The van der Waals surface area contributed by atoms with Gasteiger partial charge in [0.1, 0.15) is 17.4 Å². The molecule has 4 rings (SSSR count). The highest BCUT2D eigenvalue weighted by Crippen LogP contribution is 2.47. The molecule has 3 fully saturated rings. The number of hydrogen-bond acceptors (Lipinski definition) is 14. The largest absolute Gasteiger partial charge is 0.544 e. The Bertz CT molecular complexity index is 1210. The third-order valence-electron chi connectivity index (χ3n) is 5.60. The van der Waals surface area contributed by atoms with Crippen LogP contribution in [-0.4, -0.2) is 87.5 Å². The number of carbonyl (C=O) groups excluding carboxylic acids is 4. The van der Waals surface area contributed by atoms with Crippen LogP contribution < -0.4 is 16.2 Å². The monoisotopic (exact) mass is 529 g/mol. The lowest BCUT2D eigenvalue weighted by Crippen LogP contribution is -2.84. The number of nitrogens with zero attached hydrogens (tertiary/aromatic N) is 4. The summed E-state index contributed by atoms with van der Waals surface area (Å²) in [4.78, 5) is 70.3. The average molecular weight is 529 g/mol. The van der Waals surface area contributed by atoms with Crippen molar-refractivity contribution in [2.75, 3.05) is 11.5 Å². The number of carboxylic acids is 2. The molecule has 3 saturated heterocycles. The lowest BCUT2D eigenvalue weighted by molar-refractivity contribution is -0.340. The highest BCUT2D eigenvalue weighted by Gasteiger charge is 2.70. The van der Waals surface area contributed by atoms with Crippen molar-refractivity contribution in [2.24, 2.45) is 11.1 Å². The van der Waals surface area contributed by atoms with Crippen LogP contribution >= 0.6 is 11.5 Å². The Kier molecular flexibility index (Phi) is 5.75. The van der Waals surface area contributed by atoms with E-state index < -0.39 is 74.9 Å². The van der Waals surface area contributed by atoms with Gasteiger partial charge in [0.2, 0.25) is 22.9 Å². The number of amides is 2. The Labute approximate surface area is 202 Å². The van der Waals surface area contributed by atoms with Crippen molar-refractivity contribution in [3.05, 3.63) is 5.82 Å². The summed E-state index contributed by atoms with van der Waals surface area (Å²) in [6.07, 6.45) is -0.363. The first-order chi connectivity index (χ1) is 16.3.